The minimum Gasteiger partial charge on any atom is -0.352 e. The van der Waals surface area contributed by atoms with E-state index in [0.29, 0.717) is 30.6 Å². The normalized spacial score (nSPS) is 10.4. The number of carbonyl (C=O) groups excluding carboxylic acids is 2. The van der Waals surface area contributed by atoms with Crippen LogP contribution < -0.4 is 10.2 Å². The first-order valence-electron chi connectivity index (χ1n) is 9.58. The first-order chi connectivity index (χ1) is 14.1. The highest BCUT2D eigenvalue weighted by Crippen LogP contribution is 2.17. The molecule has 0 fully saturated rings. The molecule has 148 valence electrons. The Balaban J connectivity index is 1.59. The largest absolute Gasteiger partial charge is 0.352 e. The van der Waals surface area contributed by atoms with E-state index in [1.165, 1.54) is 12.1 Å². The standard InChI is InChI=1S/C24H23FN2O2/c1-2-27(22-6-4-3-5-7-22)24(29)20-12-10-19(11-13-20)23(28)26-17-16-18-8-14-21(25)15-9-18/h3-15H,2,16-17H2,1H3,(H,26,28). The summed E-state index contributed by atoms with van der Waals surface area (Å²) in [4.78, 5) is 26.8. The van der Waals surface area contributed by atoms with Crippen molar-refractivity contribution in [3.63, 3.8) is 0 Å². The number of nitrogens with zero attached hydrogens (tertiary/aromatic N) is 1. The van der Waals surface area contributed by atoms with Gasteiger partial charge in [-0.1, -0.05) is 30.3 Å². The molecule has 5 heteroatoms. The van der Waals surface area contributed by atoms with Crippen LogP contribution in [0.25, 0.3) is 0 Å². The lowest BCUT2D eigenvalue weighted by atomic mass is 10.1. The van der Waals surface area contributed by atoms with Gasteiger partial charge in [0.2, 0.25) is 0 Å². The van der Waals surface area contributed by atoms with E-state index in [9.17, 15) is 14.0 Å². The van der Waals surface area contributed by atoms with Crippen molar-refractivity contribution in [3.8, 4) is 0 Å². The van der Waals surface area contributed by atoms with E-state index < -0.39 is 0 Å². The van der Waals surface area contributed by atoms with E-state index in [1.807, 2.05) is 37.3 Å². The average Bonchev–Trinajstić information content (AvgIpc) is 2.76. The Morgan fingerprint density at radius 2 is 1.48 bits per heavy atom. The lowest BCUT2D eigenvalue weighted by Gasteiger charge is -2.21. The Hall–Kier alpha value is -3.47. The van der Waals surface area contributed by atoms with E-state index in [0.717, 1.165) is 11.3 Å². The highest BCUT2D eigenvalue weighted by atomic mass is 19.1. The van der Waals surface area contributed by atoms with Crippen LogP contribution in [0.4, 0.5) is 10.1 Å². The molecule has 0 radical (unpaired) electrons. The smallest absolute Gasteiger partial charge is 0.258 e. The third kappa shape index (κ3) is 5.29. The van der Waals surface area contributed by atoms with Crippen LogP contribution in [0, 0.1) is 5.82 Å². The Morgan fingerprint density at radius 1 is 0.862 bits per heavy atom. The number of halogens is 1. The summed E-state index contributed by atoms with van der Waals surface area (Å²) in [6, 6.07) is 22.3. The van der Waals surface area contributed by atoms with Crippen LogP contribution in [0.5, 0.6) is 0 Å². The number of amides is 2. The molecule has 0 spiro atoms. The summed E-state index contributed by atoms with van der Waals surface area (Å²) in [5.74, 6) is -0.593. The van der Waals surface area contributed by atoms with Gasteiger partial charge in [0.1, 0.15) is 5.82 Å². The number of rotatable bonds is 7. The molecule has 0 saturated heterocycles. The molecular weight excluding hydrogens is 367 g/mol. The zero-order valence-electron chi connectivity index (χ0n) is 16.3. The molecule has 0 heterocycles. The molecule has 0 aliphatic carbocycles. The molecule has 0 aromatic heterocycles. The SMILES string of the molecule is CCN(C(=O)c1ccc(C(=O)NCCc2ccc(F)cc2)cc1)c1ccccc1. The molecule has 0 unspecified atom stereocenters. The zero-order chi connectivity index (χ0) is 20.6. The maximum Gasteiger partial charge on any atom is 0.258 e. The Labute approximate surface area is 170 Å². The summed E-state index contributed by atoms with van der Waals surface area (Å²) in [6.45, 7) is 2.92. The van der Waals surface area contributed by atoms with Gasteiger partial charge in [0, 0.05) is 29.9 Å². The summed E-state index contributed by atoms with van der Waals surface area (Å²) >= 11 is 0. The average molecular weight is 390 g/mol. The van der Waals surface area contributed by atoms with Gasteiger partial charge in [0.25, 0.3) is 11.8 Å². The van der Waals surface area contributed by atoms with Gasteiger partial charge < -0.3 is 10.2 Å². The van der Waals surface area contributed by atoms with Crippen molar-refractivity contribution >= 4 is 17.5 Å². The van der Waals surface area contributed by atoms with Gasteiger partial charge in [-0.05, 0) is 67.4 Å². The van der Waals surface area contributed by atoms with Crippen LogP contribution in [-0.2, 0) is 6.42 Å². The van der Waals surface area contributed by atoms with E-state index in [1.54, 1.807) is 41.3 Å². The lowest BCUT2D eigenvalue weighted by Crippen LogP contribution is -2.30. The first kappa shape index (κ1) is 20.3. The molecule has 0 bridgehead atoms. The van der Waals surface area contributed by atoms with Gasteiger partial charge in [-0.2, -0.15) is 0 Å². The van der Waals surface area contributed by atoms with Gasteiger partial charge in [0.05, 0.1) is 0 Å². The van der Waals surface area contributed by atoms with Crippen molar-refractivity contribution in [1.29, 1.82) is 0 Å². The quantitative estimate of drug-likeness (QED) is 0.647. The molecule has 0 atom stereocenters. The molecule has 0 saturated carbocycles. The predicted molar refractivity (Wildman–Crippen MR) is 113 cm³/mol. The van der Waals surface area contributed by atoms with Crippen LogP contribution in [-0.4, -0.2) is 24.9 Å². The molecule has 4 nitrogen and oxygen atoms in total. The second kappa shape index (κ2) is 9.64. The maximum atomic E-state index is 12.9. The number of hydrogen-bond donors (Lipinski definition) is 1. The number of hydrogen-bond acceptors (Lipinski definition) is 2. The Bertz CT molecular complexity index is 954. The molecule has 2 amide bonds. The number of para-hydroxylation sites is 1. The minimum atomic E-state index is -0.277. The van der Waals surface area contributed by atoms with Gasteiger partial charge in [-0.3, -0.25) is 9.59 Å². The molecule has 1 N–H and O–H groups in total. The highest BCUT2D eigenvalue weighted by Gasteiger charge is 2.16. The van der Waals surface area contributed by atoms with E-state index in [2.05, 4.69) is 5.32 Å². The minimum absolute atomic E-state index is 0.109. The molecule has 0 aliphatic heterocycles. The third-order valence-corrected chi connectivity index (χ3v) is 4.64. The van der Waals surface area contributed by atoms with Crippen molar-refractivity contribution in [2.75, 3.05) is 18.0 Å². The van der Waals surface area contributed by atoms with E-state index in [4.69, 9.17) is 0 Å². The molecule has 0 aliphatic rings. The number of benzene rings is 3. The summed E-state index contributed by atoms with van der Waals surface area (Å²) in [5, 5.41) is 2.84. The predicted octanol–water partition coefficient (Wildman–Crippen LogP) is 4.46. The van der Waals surface area contributed by atoms with Gasteiger partial charge in [-0.25, -0.2) is 4.39 Å². The summed E-state index contributed by atoms with van der Waals surface area (Å²) in [7, 11) is 0. The molecule has 29 heavy (non-hydrogen) atoms. The maximum absolute atomic E-state index is 12.9. The van der Waals surface area contributed by atoms with Gasteiger partial charge >= 0.3 is 0 Å². The summed E-state index contributed by atoms with van der Waals surface area (Å²) in [6.07, 6.45) is 0.616. The number of nitrogens with one attached hydrogen (secondary N) is 1. The van der Waals surface area contributed by atoms with Gasteiger partial charge in [-0.15, -0.1) is 0 Å². The fourth-order valence-electron chi connectivity index (χ4n) is 3.04. The van der Waals surface area contributed by atoms with Crippen LogP contribution in [0.2, 0.25) is 0 Å². The van der Waals surface area contributed by atoms with Crippen LogP contribution >= 0.6 is 0 Å². The van der Waals surface area contributed by atoms with Crippen molar-refractivity contribution in [1.82, 2.24) is 5.32 Å². The number of anilines is 1. The van der Waals surface area contributed by atoms with Crippen molar-refractivity contribution in [2.24, 2.45) is 0 Å². The third-order valence-electron chi connectivity index (χ3n) is 4.64. The Kier molecular flexibility index (Phi) is 6.74. The van der Waals surface area contributed by atoms with Crippen LogP contribution in [0.1, 0.15) is 33.2 Å². The second-order valence-electron chi connectivity index (χ2n) is 6.59. The summed E-state index contributed by atoms with van der Waals surface area (Å²) < 4.78 is 12.9. The molecular formula is C24H23FN2O2. The number of carbonyl (C=O) groups is 2. The van der Waals surface area contributed by atoms with Crippen LogP contribution in [0.15, 0.2) is 78.9 Å². The fraction of sp³-hybridized carbons (Fsp3) is 0.167. The molecule has 3 rings (SSSR count). The topological polar surface area (TPSA) is 49.4 Å². The van der Waals surface area contributed by atoms with E-state index >= 15 is 0 Å². The van der Waals surface area contributed by atoms with Crippen molar-refractivity contribution in [3.05, 3.63) is 101 Å². The molecule has 3 aromatic rings. The highest BCUT2D eigenvalue weighted by molar-refractivity contribution is 6.06. The Morgan fingerprint density at radius 3 is 2.10 bits per heavy atom. The van der Waals surface area contributed by atoms with Gasteiger partial charge in [0.15, 0.2) is 0 Å². The van der Waals surface area contributed by atoms with Crippen molar-refractivity contribution < 1.29 is 14.0 Å². The monoisotopic (exact) mass is 390 g/mol. The van der Waals surface area contributed by atoms with Crippen LogP contribution in [0.3, 0.4) is 0 Å². The summed E-state index contributed by atoms with van der Waals surface area (Å²) in [5.41, 5.74) is 2.80. The fourth-order valence-corrected chi connectivity index (χ4v) is 3.04. The molecule has 3 aromatic carbocycles. The second-order valence-corrected chi connectivity index (χ2v) is 6.59. The first-order valence-corrected chi connectivity index (χ1v) is 9.58. The van der Waals surface area contributed by atoms with E-state index in [-0.39, 0.29) is 17.6 Å². The van der Waals surface area contributed by atoms with Crippen molar-refractivity contribution in [2.45, 2.75) is 13.3 Å². The zero-order valence-corrected chi connectivity index (χ0v) is 16.3. The lowest BCUT2D eigenvalue weighted by molar-refractivity contribution is 0.0950.